The van der Waals surface area contributed by atoms with Gasteiger partial charge in [0.25, 0.3) is 0 Å². The summed E-state index contributed by atoms with van der Waals surface area (Å²) >= 11 is 2.26. The van der Waals surface area contributed by atoms with Gasteiger partial charge in [0.2, 0.25) is 0 Å². The minimum absolute atomic E-state index is 0.261. The molecular formula is C16H25IN2O2. The third-order valence-corrected chi connectivity index (χ3v) is 4.54. The van der Waals surface area contributed by atoms with Gasteiger partial charge in [-0.3, -0.25) is 5.32 Å². The average molecular weight is 404 g/mol. The monoisotopic (exact) mass is 404 g/mol. The van der Waals surface area contributed by atoms with Gasteiger partial charge in [-0.2, -0.15) is 0 Å². The Hall–Kier alpha value is -0.660. The van der Waals surface area contributed by atoms with Gasteiger partial charge in [0.05, 0.1) is 7.11 Å². The highest BCUT2D eigenvalue weighted by Crippen LogP contribution is 2.23. The van der Waals surface area contributed by atoms with Crippen molar-refractivity contribution in [2.45, 2.75) is 26.3 Å². The highest BCUT2D eigenvalue weighted by atomic mass is 127. The standard InChI is InChI=1S/C16H25IN2O2/c1-5-19(6-2)12-11-18-16(3,15(20)21-4)13-7-9-14(17)10-8-13/h7-10,18H,5-6,11-12H2,1-4H3. The first-order valence-corrected chi connectivity index (χ1v) is 8.37. The number of likely N-dealkylation sites (N-methyl/N-ethyl adjacent to an activating group) is 1. The summed E-state index contributed by atoms with van der Waals surface area (Å²) in [5.74, 6) is -0.261. The third kappa shape index (κ3) is 4.93. The van der Waals surface area contributed by atoms with Gasteiger partial charge in [0.1, 0.15) is 5.54 Å². The Balaban J connectivity index is 2.84. The van der Waals surface area contributed by atoms with Crippen molar-refractivity contribution in [3.05, 3.63) is 33.4 Å². The molecule has 0 aliphatic heterocycles. The lowest BCUT2D eigenvalue weighted by Crippen LogP contribution is -2.49. The smallest absolute Gasteiger partial charge is 0.330 e. The number of hydrogen-bond donors (Lipinski definition) is 1. The lowest BCUT2D eigenvalue weighted by atomic mass is 9.92. The predicted molar refractivity (Wildman–Crippen MR) is 94.3 cm³/mol. The minimum atomic E-state index is -0.813. The number of nitrogens with zero attached hydrogens (tertiary/aromatic N) is 1. The van der Waals surface area contributed by atoms with E-state index in [9.17, 15) is 4.79 Å². The summed E-state index contributed by atoms with van der Waals surface area (Å²) in [4.78, 5) is 14.6. The summed E-state index contributed by atoms with van der Waals surface area (Å²) in [5.41, 5.74) is 0.112. The molecular weight excluding hydrogens is 379 g/mol. The molecule has 21 heavy (non-hydrogen) atoms. The molecule has 0 aromatic heterocycles. The maximum Gasteiger partial charge on any atom is 0.330 e. The zero-order valence-corrected chi connectivity index (χ0v) is 15.4. The summed E-state index contributed by atoms with van der Waals surface area (Å²) in [7, 11) is 1.43. The molecule has 4 nitrogen and oxygen atoms in total. The number of esters is 1. The molecule has 0 radical (unpaired) electrons. The normalized spacial score (nSPS) is 14.0. The Labute approximate surface area is 141 Å². The SMILES string of the molecule is CCN(CC)CCNC(C)(C(=O)OC)c1ccc(I)cc1. The van der Waals surface area contributed by atoms with Crippen molar-refractivity contribution in [1.82, 2.24) is 10.2 Å². The van der Waals surface area contributed by atoms with Gasteiger partial charge in [-0.25, -0.2) is 4.79 Å². The number of rotatable bonds is 8. The molecule has 1 rings (SSSR count). The molecule has 118 valence electrons. The Morgan fingerprint density at radius 1 is 1.29 bits per heavy atom. The molecule has 0 fully saturated rings. The van der Waals surface area contributed by atoms with Crippen LogP contribution in [-0.4, -0.2) is 44.2 Å². The second-order valence-electron chi connectivity index (χ2n) is 5.08. The fourth-order valence-electron chi connectivity index (χ4n) is 2.28. The van der Waals surface area contributed by atoms with Crippen LogP contribution in [0.3, 0.4) is 0 Å². The number of ether oxygens (including phenoxy) is 1. The van der Waals surface area contributed by atoms with E-state index in [2.05, 4.69) is 46.7 Å². The van der Waals surface area contributed by atoms with Crippen LogP contribution in [0.25, 0.3) is 0 Å². The minimum Gasteiger partial charge on any atom is -0.467 e. The highest BCUT2D eigenvalue weighted by Gasteiger charge is 2.35. The van der Waals surface area contributed by atoms with Gasteiger partial charge in [-0.1, -0.05) is 26.0 Å². The lowest BCUT2D eigenvalue weighted by molar-refractivity contribution is -0.148. The van der Waals surface area contributed by atoms with Crippen LogP contribution in [-0.2, 0) is 15.1 Å². The largest absolute Gasteiger partial charge is 0.467 e. The Kier molecular flexibility index (Phi) is 7.62. The molecule has 0 spiro atoms. The fourth-order valence-corrected chi connectivity index (χ4v) is 2.64. The molecule has 0 amide bonds. The van der Waals surface area contributed by atoms with E-state index in [1.165, 1.54) is 7.11 Å². The van der Waals surface area contributed by atoms with Crippen molar-refractivity contribution in [2.75, 3.05) is 33.3 Å². The molecule has 1 atom stereocenters. The van der Waals surface area contributed by atoms with Crippen LogP contribution >= 0.6 is 22.6 Å². The first kappa shape index (κ1) is 18.4. The topological polar surface area (TPSA) is 41.6 Å². The van der Waals surface area contributed by atoms with Crippen molar-refractivity contribution in [3.8, 4) is 0 Å². The Morgan fingerprint density at radius 3 is 2.33 bits per heavy atom. The quantitative estimate of drug-likeness (QED) is 0.535. The maximum atomic E-state index is 12.2. The van der Waals surface area contributed by atoms with Crippen molar-refractivity contribution in [3.63, 3.8) is 0 Å². The fraction of sp³-hybridized carbons (Fsp3) is 0.562. The second kappa shape index (κ2) is 8.70. The van der Waals surface area contributed by atoms with E-state index in [0.29, 0.717) is 0 Å². The van der Waals surface area contributed by atoms with Gasteiger partial charge >= 0.3 is 5.97 Å². The van der Waals surface area contributed by atoms with E-state index >= 15 is 0 Å². The summed E-state index contributed by atoms with van der Waals surface area (Å²) in [5, 5.41) is 3.36. The van der Waals surface area contributed by atoms with Crippen molar-refractivity contribution in [1.29, 1.82) is 0 Å². The number of nitrogens with one attached hydrogen (secondary N) is 1. The third-order valence-electron chi connectivity index (χ3n) is 3.82. The van der Waals surface area contributed by atoms with E-state index in [-0.39, 0.29) is 5.97 Å². The zero-order valence-electron chi connectivity index (χ0n) is 13.3. The zero-order chi connectivity index (χ0) is 15.9. The van der Waals surface area contributed by atoms with Gasteiger partial charge in [0.15, 0.2) is 0 Å². The first-order valence-electron chi connectivity index (χ1n) is 7.29. The van der Waals surface area contributed by atoms with Gasteiger partial charge in [-0.05, 0) is 60.3 Å². The van der Waals surface area contributed by atoms with E-state index in [0.717, 1.165) is 35.3 Å². The molecule has 5 heteroatoms. The van der Waals surface area contributed by atoms with Crippen LogP contribution in [0.5, 0.6) is 0 Å². The molecule has 0 bridgehead atoms. The molecule has 0 heterocycles. The van der Waals surface area contributed by atoms with Crippen LogP contribution in [0.2, 0.25) is 0 Å². The number of hydrogen-bond acceptors (Lipinski definition) is 4. The number of benzene rings is 1. The summed E-state index contributed by atoms with van der Waals surface area (Å²) in [6.45, 7) is 9.82. The average Bonchev–Trinajstić information content (AvgIpc) is 2.51. The number of methoxy groups -OCH3 is 1. The van der Waals surface area contributed by atoms with Gasteiger partial charge in [0, 0.05) is 16.7 Å². The number of carbonyl (C=O) groups excluding carboxylic acids is 1. The van der Waals surface area contributed by atoms with Crippen molar-refractivity contribution >= 4 is 28.6 Å². The molecule has 0 saturated heterocycles. The highest BCUT2D eigenvalue weighted by molar-refractivity contribution is 14.1. The first-order chi connectivity index (χ1) is 9.97. The van der Waals surface area contributed by atoms with Crippen LogP contribution in [0, 0.1) is 3.57 Å². The van der Waals surface area contributed by atoms with Crippen LogP contribution in [0.15, 0.2) is 24.3 Å². The summed E-state index contributed by atoms with van der Waals surface area (Å²) in [6.07, 6.45) is 0. The molecule has 0 aliphatic carbocycles. The summed E-state index contributed by atoms with van der Waals surface area (Å²) < 4.78 is 6.14. The van der Waals surface area contributed by atoms with Crippen molar-refractivity contribution in [2.24, 2.45) is 0 Å². The second-order valence-corrected chi connectivity index (χ2v) is 6.32. The Morgan fingerprint density at radius 2 is 1.86 bits per heavy atom. The van der Waals surface area contributed by atoms with Crippen molar-refractivity contribution < 1.29 is 9.53 Å². The summed E-state index contributed by atoms with van der Waals surface area (Å²) in [6, 6.07) is 7.96. The van der Waals surface area contributed by atoms with E-state index in [1.54, 1.807) is 0 Å². The van der Waals surface area contributed by atoms with E-state index < -0.39 is 5.54 Å². The predicted octanol–water partition coefficient (Wildman–Crippen LogP) is 2.61. The van der Waals surface area contributed by atoms with Crippen LogP contribution < -0.4 is 5.32 Å². The molecule has 0 saturated carbocycles. The van der Waals surface area contributed by atoms with Crippen LogP contribution in [0.4, 0.5) is 0 Å². The number of carbonyl (C=O) groups is 1. The Bertz CT molecular complexity index is 446. The van der Waals surface area contributed by atoms with E-state index in [4.69, 9.17) is 4.74 Å². The van der Waals surface area contributed by atoms with Gasteiger partial charge in [-0.15, -0.1) is 0 Å². The lowest BCUT2D eigenvalue weighted by Gasteiger charge is -2.30. The molecule has 1 N–H and O–H groups in total. The molecule has 0 aliphatic rings. The molecule has 1 aromatic carbocycles. The van der Waals surface area contributed by atoms with Crippen LogP contribution in [0.1, 0.15) is 26.3 Å². The molecule has 1 unspecified atom stereocenters. The van der Waals surface area contributed by atoms with Gasteiger partial charge < -0.3 is 9.64 Å². The molecule has 1 aromatic rings. The maximum absolute atomic E-state index is 12.2. The van der Waals surface area contributed by atoms with E-state index in [1.807, 2.05) is 31.2 Å². The number of halogens is 1.